The molecule has 1 aromatic rings. The fraction of sp³-hybridized carbons (Fsp3) is 0.417. The van der Waals surface area contributed by atoms with Gasteiger partial charge in [0.25, 0.3) is 0 Å². The highest BCUT2D eigenvalue weighted by atomic mass is 35.5. The van der Waals surface area contributed by atoms with Crippen LogP contribution in [0.4, 0.5) is 13.2 Å². The van der Waals surface area contributed by atoms with Gasteiger partial charge in [-0.15, -0.1) is 11.6 Å². The maximum atomic E-state index is 12.8. The largest absolute Gasteiger partial charge is 0.416 e. The summed E-state index contributed by atoms with van der Waals surface area (Å²) in [6, 6.07) is 4.98. The lowest BCUT2D eigenvalue weighted by Crippen LogP contribution is -2.24. The Balaban J connectivity index is 3.16. The van der Waals surface area contributed by atoms with E-state index < -0.39 is 23.6 Å². The van der Waals surface area contributed by atoms with Crippen LogP contribution in [0.1, 0.15) is 29.9 Å². The van der Waals surface area contributed by atoms with Crippen molar-refractivity contribution in [3.63, 3.8) is 0 Å². The van der Waals surface area contributed by atoms with Gasteiger partial charge in [0.05, 0.1) is 11.5 Å². The summed E-state index contributed by atoms with van der Waals surface area (Å²) in [5.41, 5.74) is 4.28. The van der Waals surface area contributed by atoms with Gasteiger partial charge in [0, 0.05) is 5.88 Å². The Labute approximate surface area is 108 Å². The predicted molar refractivity (Wildman–Crippen MR) is 63.3 cm³/mol. The molecular weight excluding hydrogens is 267 g/mol. The maximum absolute atomic E-state index is 12.8. The molecule has 0 saturated carbocycles. The Morgan fingerprint density at radius 3 is 2.44 bits per heavy atom. The lowest BCUT2D eigenvalue weighted by atomic mass is 9.90. The van der Waals surface area contributed by atoms with E-state index in [1.165, 1.54) is 18.2 Å². The summed E-state index contributed by atoms with van der Waals surface area (Å²) in [6.07, 6.45) is -3.85. The fourth-order valence-electron chi connectivity index (χ4n) is 1.79. The van der Waals surface area contributed by atoms with Crippen LogP contribution in [-0.4, -0.2) is 11.8 Å². The van der Waals surface area contributed by atoms with Crippen LogP contribution in [0, 0.1) is 0 Å². The fourth-order valence-corrected chi connectivity index (χ4v) is 1.95. The molecule has 1 atom stereocenters. The average molecular weight is 280 g/mol. The summed E-state index contributed by atoms with van der Waals surface area (Å²) in [6.45, 7) is 0. The summed E-state index contributed by atoms with van der Waals surface area (Å²) in [5.74, 6) is -1.45. The van der Waals surface area contributed by atoms with E-state index in [0.717, 1.165) is 6.07 Å². The molecule has 0 unspecified atom stereocenters. The predicted octanol–water partition coefficient (Wildman–Crippen LogP) is 3.29. The van der Waals surface area contributed by atoms with E-state index in [1.54, 1.807) is 0 Å². The van der Waals surface area contributed by atoms with Crippen molar-refractivity contribution in [3.8, 4) is 0 Å². The Bertz CT molecular complexity index is 420. The summed E-state index contributed by atoms with van der Waals surface area (Å²) >= 11 is 5.49. The normalized spacial score (nSPS) is 13.3. The molecule has 6 heteroatoms. The molecule has 2 nitrogen and oxygen atoms in total. The van der Waals surface area contributed by atoms with Crippen molar-refractivity contribution in [2.45, 2.75) is 24.9 Å². The van der Waals surface area contributed by atoms with Gasteiger partial charge in [-0.25, -0.2) is 0 Å². The van der Waals surface area contributed by atoms with Crippen molar-refractivity contribution in [1.29, 1.82) is 0 Å². The number of carbonyl (C=O) groups is 1. The van der Waals surface area contributed by atoms with Crippen molar-refractivity contribution in [1.82, 2.24) is 0 Å². The summed E-state index contributed by atoms with van der Waals surface area (Å²) in [7, 11) is 0. The summed E-state index contributed by atoms with van der Waals surface area (Å²) in [5, 5.41) is 0. The monoisotopic (exact) mass is 279 g/mol. The third-order valence-corrected chi connectivity index (χ3v) is 2.88. The zero-order valence-electron chi connectivity index (χ0n) is 9.51. The second-order valence-electron chi connectivity index (χ2n) is 3.87. The number of primary amides is 1. The molecule has 0 heterocycles. The average Bonchev–Trinajstić information content (AvgIpc) is 2.28. The van der Waals surface area contributed by atoms with Crippen LogP contribution in [0.3, 0.4) is 0 Å². The molecule has 0 fully saturated rings. The van der Waals surface area contributed by atoms with Gasteiger partial charge in [0.2, 0.25) is 5.91 Å². The molecule has 1 aromatic carbocycles. The minimum absolute atomic E-state index is 0.0809. The highest BCUT2D eigenvalue weighted by Crippen LogP contribution is 2.36. The van der Waals surface area contributed by atoms with E-state index in [-0.39, 0.29) is 17.9 Å². The first-order valence-electron chi connectivity index (χ1n) is 5.39. The molecule has 0 aliphatic heterocycles. The summed E-state index contributed by atoms with van der Waals surface area (Å²) < 4.78 is 38.4. The lowest BCUT2D eigenvalue weighted by molar-refractivity contribution is -0.138. The van der Waals surface area contributed by atoms with E-state index in [1.807, 2.05) is 0 Å². The Kier molecular flexibility index (Phi) is 5.02. The smallest absolute Gasteiger partial charge is 0.369 e. The van der Waals surface area contributed by atoms with Gasteiger partial charge in [0.1, 0.15) is 0 Å². The number of rotatable bonds is 5. The minimum Gasteiger partial charge on any atom is -0.369 e. The second kappa shape index (κ2) is 6.09. The van der Waals surface area contributed by atoms with Crippen molar-refractivity contribution >= 4 is 17.5 Å². The molecule has 1 rings (SSSR count). The van der Waals surface area contributed by atoms with Crippen molar-refractivity contribution in [2.24, 2.45) is 5.73 Å². The van der Waals surface area contributed by atoms with Crippen LogP contribution in [-0.2, 0) is 11.0 Å². The number of hydrogen-bond donors (Lipinski definition) is 1. The maximum Gasteiger partial charge on any atom is 0.416 e. The number of hydrogen-bond acceptors (Lipinski definition) is 1. The Hall–Kier alpha value is -1.23. The van der Waals surface area contributed by atoms with Crippen LogP contribution in [0.2, 0.25) is 0 Å². The van der Waals surface area contributed by atoms with Gasteiger partial charge < -0.3 is 5.73 Å². The van der Waals surface area contributed by atoms with Crippen LogP contribution >= 0.6 is 11.6 Å². The first-order valence-corrected chi connectivity index (χ1v) is 5.92. The number of nitrogens with two attached hydrogens (primary N) is 1. The van der Waals surface area contributed by atoms with E-state index >= 15 is 0 Å². The number of amides is 1. The van der Waals surface area contributed by atoms with Crippen LogP contribution in [0.25, 0.3) is 0 Å². The minimum atomic E-state index is -4.49. The molecule has 0 saturated heterocycles. The van der Waals surface area contributed by atoms with Gasteiger partial charge >= 0.3 is 6.18 Å². The highest BCUT2D eigenvalue weighted by Gasteiger charge is 2.35. The van der Waals surface area contributed by atoms with Gasteiger partial charge in [-0.1, -0.05) is 18.2 Å². The van der Waals surface area contributed by atoms with E-state index in [9.17, 15) is 18.0 Å². The molecular formula is C12H13ClF3NO. The van der Waals surface area contributed by atoms with Crippen LogP contribution in [0.15, 0.2) is 24.3 Å². The van der Waals surface area contributed by atoms with Crippen molar-refractivity contribution < 1.29 is 18.0 Å². The molecule has 2 N–H and O–H groups in total. The van der Waals surface area contributed by atoms with Crippen LogP contribution in [0.5, 0.6) is 0 Å². The molecule has 0 bridgehead atoms. The van der Waals surface area contributed by atoms with E-state index in [0.29, 0.717) is 6.42 Å². The zero-order valence-corrected chi connectivity index (χ0v) is 10.3. The third kappa shape index (κ3) is 3.63. The van der Waals surface area contributed by atoms with Crippen molar-refractivity contribution in [2.75, 3.05) is 5.88 Å². The van der Waals surface area contributed by atoms with Gasteiger partial charge in [-0.3, -0.25) is 4.79 Å². The zero-order chi connectivity index (χ0) is 13.8. The molecule has 0 aromatic heterocycles. The SMILES string of the molecule is NC(=O)[C@@H](CCCCl)c1ccccc1C(F)(F)F. The lowest BCUT2D eigenvalue weighted by Gasteiger charge is -2.18. The molecule has 0 aliphatic rings. The van der Waals surface area contributed by atoms with Crippen molar-refractivity contribution in [3.05, 3.63) is 35.4 Å². The van der Waals surface area contributed by atoms with E-state index in [4.69, 9.17) is 17.3 Å². The quantitative estimate of drug-likeness (QED) is 0.826. The molecule has 0 aliphatic carbocycles. The summed E-state index contributed by atoms with van der Waals surface area (Å²) in [4.78, 5) is 11.3. The number of halogens is 4. The first-order chi connectivity index (χ1) is 8.38. The third-order valence-electron chi connectivity index (χ3n) is 2.61. The molecule has 0 radical (unpaired) electrons. The number of benzene rings is 1. The van der Waals surface area contributed by atoms with E-state index in [2.05, 4.69) is 0 Å². The Morgan fingerprint density at radius 1 is 1.33 bits per heavy atom. The number of alkyl halides is 4. The second-order valence-corrected chi connectivity index (χ2v) is 4.25. The molecule has 18 heavy (non-hydrogen) atoms. The molecule has 100 valence electrons. The molecule has 0 spiro atoms. The van der Waals surface area contributed by atoms with Gasteiger partial charge in [-0.05, 0) is 24.5 Å². The Morgan fingerprint density at radius 2 is 1.94 bits per heavy atom. The standard InChI is InChI=1S/C12H13ClF3NO/c13-7-3-5-9(11(17)18)8-4-1-2-6-10(8)12(14,15)16/h1-2,4,6,9H,3,5,7H2,(H2,17,18)/t9-/m0/s1. The topological polar surface area (TPSA) is 43.1 Å². The highest BCUT2D eigenvalue weighted by molar-refractivity contribution is 6.17. The van der Waals surface area contributed by atoms with Gasteiger partial charge in [0.15, 0.2) is 0 Å². The number of carbonyl (C=O) groups excluding carboxylic acids is 1. The van der Waals surface area contributed by atoms with Gasteiger partial charge in [-0.2, -0.15) is 13.2 Å². The molecule has 1 amide bonds. The first kappa shape index (κ1) is 14.8. The van der Waals surface area contributed by atoms with Crippen LogP contribution < -0.4 is 5.73 Å².